The summed E-state index contributed by atoms with van der Waals surface area (Å²) in [5, 5.41) is 0. The second-order valence-electron chi connectivity index (χ2n) is 3.82. The van der Waals surface area contributed by atoms with Gasteiger partial charge in [-0.25, -0.2) is 0 Å². The van der Waals surface area contributed by atoms with E-state index in [4.69, 9.17) is 10.5 Å². The molecule has 1 aromatic carbocycles. The summed E-state index contributed by atoms with van der Waals surface area (Å²) in [5.41, 5.74) is 8.18. The van der Waals surface area contributed by atoms with E-state index in [1.54, 1.807) is 7.11 Å². The predicted octanol–water partition coefficient (Wildman–Crippen LogP) is 2.28. The lowest BCUT2D eigenvalue weighted by Gasteiger charge is -2.08. The molecule has 0 aliphatic heterocycles. The van der Waals surface area contributed by atoms with Gasteiger partial charge in [-0.2, -0.15) is 0 Å². The zero-order valence-electron chi connectivity index (χ0n) is 9.21. The summed E-state index contributed by atoms with van der Waals surface area (Å²) >= 11 is 0. The van der Waals surface area contributed by atoms with E-state index in [9.17, 15) is 0 Å². The highest BCUT2D eigenvalue weighted by Crippen LogP contribution is 2.19. The van der Waals surface area contributed by atoms with Crippen LogP contribution in [0, 0.1) is 6.92 Å². The normalized spacial score (nSPS) is 12.6. The molecule has 2 N–H and O–H groups in total. The highest BCUT2D eigenvalue weighted by molar-refractivity contribution is 5.36. The molecule has 0 bridgehead atoms. The van der Waals surface area contributed by atoms with E-state index in [1.807, 2.05) is 13.8 Å². The van der Waals surface area contributed by atoms with Crippen molar-refractivity contribution in [2.45, 2.75) is 32.7 Å². The molecule has 2 nitrogen and oxygen atoms in total. The Morgan fingerprint density at radius 3 is 2.71 bits per heavy atom. The average Bonchev–Trinajstić information content (AvgIpc) is 2.16. The first kappa shape index (κ1) is 11.1. The first-order chi connectivity index (χ1) is 6.63. The van der Waals surface area contributed by atoms with Crippen LogP contribution in [0.15, 0.2) is 18.2 Å². The fourth-order valence-corrected chi connectivity index (χ4v) is 1.41. The smallest absolute Gasteiger partial charge is 0.122 e. The third-order valence-electron chi connectivity index (χ3n) is 2.36. The Bertz CT molecular complexity index is 294. The molecule has 78 valence electrons. The van der Waals surface area contributed by atoms with Crippen molar-refractivity contribution in [1.82, 2.24) is 0 Å². The van der Waals surface area contributed by atoms with Crippen LogP contribution >= 0.6 is 0 Å². The number of aryl methyl sites for hydroxylation is 2. The largest absolute Gasteiger partial charge is 0.496 e. The number of rotatable bonds is 4. The maximum atomic E-state index is 5.71. The molecule has 0 aliphatic rings. The van der Waals surface area contributed by atoms with Gasteiger partial charge in [0.2, 0.25) is 0 Å². The van der Waals surface area contributed by atoms with Crippen molar-refractivity contribution >= 4 is 0 Å². The molecular weight excluding hydrogens is 174 g/mol. The fourth-order valence-electron chi connectivity index (χ4n) is 1.41. The summed E-state index contributed by atoms with van der Waals surface area (Å²) in [6.07, 6.45) is 2.04. The fraction of sp³-hybridized carbons (Fsp3) is 0.500. The van der Waals surface area contributed by atoms with Gasteiger partial charge in [0, 0.05) is 6.04 Å². The van der Waals surface area contributed by atoms with Gasteiger partial charge in [0.1, 0.15) is 5.75 Å². The Labute approximate surface area is 86.1 Å². The first-order valence-electron chi connectivity index (χ1n) is 5.02. The minimum atomic E-state index is 0.266. The molecule has 0 radical (unpaired) electrons. The summed E-state index contributed by atoms with van der Waals surface area (Å²) < 4.78 is 5.26. The van der Waals surface area contributed by atoms with E-state index < -0.39 is 0 Å². The van der Waals surface area contributed by atoms with Crippen molar-refractivity contribution in [1.29, 1.82) is 0 Å². The lowest BCUT2D eigenvalue weighted by molar-refractivity contribution is 0.411. The molecule has 0 fully saturated rings. The highest BCUT2D eigenvalue weighted by Gasteiger charge is 2.01. The minimum Gasteiger partial charge on any atom is -0.496 e. The van der Waals surface area contributed by atoms with Crippen LogP contribution in [0.4, 0.5) is 0 Å². The van der Waals surface area contributed by atoms with Crippen LogP contribution in [0.5, 0.6) is 5.75 Å². The Hall–Kier alpha value is -1.02. The van der Waals surface area contributed by atoms with Gasteiger partial charge in [0.25, 0.3) is 0 Å². The second kappa shape index (κ2) is 5.01. The molecule has 0 unspecified atom stereocenters. The summed E-state index contributed by atoms with van der Waals surface area (Å²) in [5.74, 6) is 0.965. The minimum absolute atomic E-state index is 0.266. The van der Waals surface area contributed by atoms with E-state index in [-0.39, 0.29) is 6.04 Å². The number of nitrogens with two attached hydrogens (primary N) is 1. The molecule has 2 heteroatoms. The topological polar surface area (TPSA) is 35.2 Å². The number of hydrogen-bond donors (Lipinski definition) is 1. The van der Waals surface area contributed by atoms with Gasteiger partial charge in [-0.1, -0.05) is 12.1 Å². The van der Waals surface area contributed by atoms with Crippen molar-refractivity contribution in [2.75, 3.05) is 7.11 Å². The Morgan fingerprint density at radius 1 is 1.43 bits per heavy atom. The van der Waals surface area contributed by atoms with E-state index in [0.29, 0.717) is 0 Å². The molecule has 1 aromatic rings. The van der Waals surface area contributed by atoms with E-state index >= 15 is 0 Å². The molecule has 0 aliphatic carbocycles. The number of methoxy groups -OCH3 is 1. The van der Waals surface area contributed by atoms with Gasteiger partial charge in [-0.15, -0.1) is 0 Å². The van der Waals surface area contributed by atoms with Crippen molar-refractivity contribution in [2.24, 2.45) is 5.73 Å². The van der Waals surface area contributed by atoms with Crippen LogP contribution in [0.1, 0.15) is 24.5 Å². The van der Waals surface area contributed by atoms with Gasteiger partial charge in [0.05, 0.1) is 7.11 Å². The molecule has 0 aromatic heterocycles. The monoisotopic (exact) mass is 193 g/mol. The summed E-state index contributed by atoms with van der Waals surface area (Å²) in [4.78, 5) is 0. The summed E-state index contributed by atoms with van der Waals surface area (Å²) in [7, 11) is 1.71. The zero-order valence-corrected chi connectivity index (χ0v) is 9.21. The van der Waals surface area contributed by atoms with Crippen molar-refractivity contribution in [3.8, 4) is 5.75 Å². The Kier molecular flexibility index (Phi) is 3.96. The van der Waals surface area contributed by atoms with E-state index in [0.717, 1.165) is 18.6 Å². The second-order valence-corrected chi connectivity index (χ2v) is 3.82. The van der Waals surface area contributed by atoms with Gasteiger partial charge in [-0.05, 0) is 43.9 Å². The van der Waals surface area contributed by atoms with Crippen LogP contribution < -0.4 is 10.5 Å². The molecule has 0 heterocycles. The van der Waals surface area contributed by atoms with Crippen LogP contribution in [-0.2, 0) is 6.42 Å². The Balaban J connectivity index is 2.69. The Morgan fingerprint density at radius 2 is 2.14 bits per heavy atom. The average molecular weight is 193 g/mol. The quantitative estimate of drug-likeness (QED) is 0.796. The lowest BCUT2D eigenvalue weighted by atomic mass is 10.0. The van der Waals surface area contributed by atoms with E-state index in [1.165, 1.54) is 11.1 Å². The van der Waals surface area contributed by atoms with E-state index in [2.05, 4.69) is 18.2 Å². The van der Waals surface area contributed by atoms with Gasteiger partial charge in [-0.3, -0.25) is 0 Å². The molecule has 0 saturated heterocycles. The van der Waals surface area contributed by atoms with Crippen LogP contribution in [0.3, 0.4) is 0 Å². The standard InChI is InChI=1S/C12H19NO/c1-9-4-6-11(7-5-10(2)13)8-12(9)14-3/h4,6,8,10H,5,7,13H2,1-3H3/t10-/m0/s1. The number of ether oxygens (including phenoxy) is 1. The van der Waals surface area contributed by atoms with Crippen molar-refractivity contribution < 1.29 is 4.74 Å². The maximum absolute atomic E-state index is 5.71. The van der Waals surface area contributed by atoms with Crippen LogP contribution in [0.25, 0.3) is 0 Å². The summed E-state index contributed by atoms with van der Waals surface area (Å²) in [6.45, 7) is 4.08. The van der Waals surface area contributed by atoms with Crippen molar-refractivity contribution in [3.63, 3.8) is 0 Å². The van der Waals surface area contributed by atoms with Crippen LogP contribution in [0.2, 0.25) is 0 Å². The maximum Gasteiger partial charge on any atom is 0.122 e. The lowest BCUT2D eigenvalue weighted by Crippen LogP contribution is -2.15. The molecule has 1 atom stereocenters. The zero-order chi connectivity index (χ0) is 10.6. The predicted molar refractivity (Wildman–Crippen MR) is 59.7 cm³/mol. The van der Waals surface area contributed by atoms with Crippen LogP contribution in [-0.4, -0.2) is 13.2 Å². The molecule has 0 amide bonds. The molecule has 0 spiro atoms. The first-order valence-corrected chi connectivity index (χ1v) is 5.02. The number of benzene rings is 1. The SMILES string of the molecule is COc1cc(CC[C@H](C)N)ccc1C. The van der Waals surface area contributed by atoms with Gasteiger partial charge >= 0.3 is 0 Å². The highest BCUT2D eigenvalue weighted by atomic mass is 16.5. The van der Waals surface area contributed by atoms with Crippen molar-refractivity contribution in [3.05, 3.63) is 29.3 Å². The third-order valence-corrected chi connectivity index (χ3v) is 2.36. The number of hydrogen-bond acceptors (Lipinski definition) is 2. The molecule has 1 rings (SSSR count). The van der Waals surface area contributed by atoms with Gasteiger partial charge in [0.15, 0.2) is 0 Å². The molecule has 14 heavy (non-hydrogen) atoms. The summed E-state index contributed by atoms with van der Waals surface area (Å²) in [6, 6.07) is 6.59. The third kappa shape index (κ3) is 3.04. The van der Waals surface area contributed by atoms with Gasteiger partial charge < -0.3 is 10.5 Å². The molecule has 0 saturated carbocycles. The molecular formula is C12H19NO.